The molecule has 6 heteroatoms. The number of nitrogens with one attached hydrogen (secondary N) is 1. The van der Waals surface area contributed by atoms with Gasteiger partial charge in [-0.25, -0.2) is 9.97 Å². The van der Waals surface area contributed by atoms with Crippen LogP contribution in [0.1, 0.15) is 37.1 Å². The molecule has 0 aliphatic heterocycles. The molecule has 0 spiro atoms. The maximum atomic E-state index is 11.7. The molecule has 0 atom stereocenters. The lowest BCUT2D eigenvalue weighted by atomic mass is 9.97. The number of aromatic nitrogens is 2. The third-order valence-electron chi connectivity index (χ3n) is 3.51. The second kappa shape index (κ2) is 5.97. The number of fused-ring (bicyclic) bond motifs is 3. The predicted molar refractivity (Wildman–Crippen MR) is 82.8 cm³/mol. The van der Waals surface area contributed by atoms with Crippen molar-refractivity contribution in [2.45, 2.75) is 45.6 Å². The zero-order chi connectivity index (χ0) is 14.8. The summed E-state index contributed by atoms with van der Waals surface area (Å²) in [5.74, 6) is 0.416. The first kappa shape index (κ1) is 14.3. The maximum absolute atomic E-state index is 11.7. The molecule has 21 heavy (non-hydrogen) atoms. The fourth-order valence-corrected chi connectivity index (χ4v) is 3.89. The topological polar surface area (TPSA) is 64.1 Å². The first-order chi connectivity index (χ1) is 10.1. The van der Waals surface area contributed by atoms with Gasteiger partial charge in [0.1, 0.15) is 11.2 Å². The van der Waals surface area contributed by atoms with E-state index in [1.807, 2.05) is 13.8 Å². The molecule has 1 amide bonds. The van der Waals surface area contributed by atoms with Gasteiger partial charge < -0.3 is 10.1 Å². The lowest BCUT2D eigenvalue weighted by Crippen LogP contribution is -2.34. The normalized spacial score (nSPS) is 14.2. The third-order valence-corrected chi connectivity index (χ3v) is 4.71. The van der Waals surface area contributed by atoms with Gasteiger partial charge in [-0.15, -0.1) is 11.3 Å². The van der Waals surface area contributed by atoms with Crippen LogP contribution in [0, 0.1) is 0 Å². The Labute approximate surface area is 127 Å². The van der Waals surface area contributed by atoms with Crippen LogP contribution in [0.2, 0.25) is 0 Å². The fraction of sp³-hybridized carbons (Fsp3) is 0.533. The van der Waals surface area contributed by atoms with E-state index in [0.29, 0.717) is 5.88 Å². The lowest BCUT2D eigenvalue weighted by molar-refractivity contribution is -0.123. The Morgan fingerprint density at radius 1 is 1.38 bits per heavy atom. The predicted octanol–water partition coefficient (Wildman–Crippen LogP) is 2.47. The van der Waals surface area contributed by atoms with Crippen LogP contribution in [0.4, 0.5) is 0 Å². The molecule has 0 unspecified atom stereocenters. The molecule has 1 N–H and O–H groups in total. The number of ether oxygens (including phenoxy) is 1. The van der Waals surface area contributed by atoms with Crippen molar-refractivity contribution in [1.82, 2.24) is 15.3 Å². The van der Waals surface area contributed by atoms with Gasteiger partial charge in [0.25, 0.3) is 5.91 Å². The Morgan fingerprint density at radius 3 is 3.00 bits per heavy atom. The van der Waals surface area contributed by atoms with Crippen molar-refractivity contribution in [3.8, 4) is 5.88 Å². The average molecular weight is 305 g/mol. The highest BCUT2D eigenvalue weighted by Crippen LogP contribution is 2.38. The molecule has 0 saturated heterocycles. The molecule has 2 heterocycles. The quantitative estimate of drug-likeness (QED) is 0.942. The minimum atomic E-state index is -0.124. The Hall–Kier alpha value is -1.69. The summed E-state index contributed by atoms with van der Waals surface area (Å²) in [6.07, 6.45) is 6.11. The van der Waals surface area contributed by atoms with E-state index in [2.05, 4.69) is 15.3 Å². The summed E-state index contributed by atoms with van der Waals surface area (Å²) in [5.41, 5.74) is 1.32. The number of thiophene rings is 1. The van der Waals surface area contributed by atoms with Gasteiger partial charge in [0.05, 0.1) is 5.39 Å². The van der Waals surface area contributed by atoms with Crippen LogP contribution in [0.15, 0.2) is 6.33 Å². The Balaban J connectivity index is 1.85. The van der Waals surface area contributed by atoms with Crippen LogP contribution in [0.3, 0.4) is 0 Å². The zero-order valence-electron chi connectivity index (χ0n) is 12.3. The van der Waals surface area contributed by atoms with Gasteiger partial charge in [0.15, 0.2) is 6.61 Å². The van der Waals surface area contributed by atoms with Crippen LogP contribution < -0.4 is 10.1 Å². The average Bonchev–Trinajstić information content (AvgIpc) is 2.83. The van der Waals surface area contributed by atoms with E-state index in [4.69, 9.17) is 4.74 Å². The van der Waals surface area contributed by atoms with Gasteiger partial charge in [-0.05, 0) is 45.1 Å². The van der Waals surface area contributed by atoms with Crippen LogP contribution in [0.25, 0.3) is 10.2 Å². The second-order valence-electron chi connectivity index (χ2n) is 5.58. The standard InChI is InChI=1S/C15H19N3O2S/c1-9(2)18-12(19)7-20-14-13-10-5-3-4-6-11(10)21-15(13)17-8-16-14/h8-9H,3-7H2,1-2H3,(H,18,19). The number of rotatable bonds is 4. The van der Waals surface area contributed by atoms with Crippen molar-refractivity contribution < 1.29 is 9.53 Å². The molecule has 0 radical (unpaired) electrons. The molecule has 5 nitrogen and oxygen atoms in total. The Morgan fingerprint density at radius 2 is 2.19 bits per heavy atom. The monoisotopic (exact) mass is 305 g/mol. The van der Waals surface area contributed by atoms with Gasteiger partial charge in [-0.3, -0.25) is 4.79 Å². The van der Waals surface area contributed by atoms with Crippen molar-refractivity contribution in [1.29, 1.82) is 0 Å². The fourth-order valence-electron chi connectivity index (χ4n) is 2.67. The molecule has 0 saturated carbocycles. The number of amides is 1. The summed E-state index contributed by atoms with van der Waals surface area (Å²) in [5, 5.41) is 3.82. The van der Waals surface area contributed by atoms with Gasteiger partial charge >= 0.3 is 0 Å². The van der Waals surface area contributed by atoms with E-state index < -0.39 is 0 Å². The molecule has 2 aromatic rings. The molecule has 0 fully saturated rings. The van der Waals surface area contributed by atoms with Gasteiger partial charge in [0, 0.05) is 10.9 Å². The van der Waals surface area contributed by atoms with Gasteiger partial charge in [-0.1, -0.05) is 0 Å². The molecule has 3 rings (SSSR count). The molecule has 0 bridgehead atoms. The van der Waals surface area contributed by atoms with Crippen molar-refractivity contribution in [2.24, 2.45) is 0 Å². The molecule has 1 aliphatic carbocycles. The highest BCUT2D eigenvalue weighted by atomic mass is 32.1. The van der Waals surface area contributed by atoms with Crippen molar-refractivity contribution in [2.75, 3.05) is 6.61 Å². The van der Waals surface area contributed by atoms with Crippen LogP contribution in [0.5, 0.6) is 5.88 Å². The summed E-state index contributed by atoms with van der Waals surface area (Å²) < 4.78 is 5.65. The zero-order valence-corrected chi connectivity index (χ0v) is 13.1. The highest BCUT2D eigenvalue weighted by Gasteiger charge is 2.20. The smallest absolute Gasteiger partial charge is 0.258 e. The van der Waals surface area contributed by atoms with Crippen molar-refractivity contribution >= 4 is 27.5 Å². The molecule has 112 valence electrons. The molecule has 0 aromatic carbocycles. The summed E-state index contributed by atoms with van der Waals surface area (Å²) in [4.78, 5) is 22.7. The Bertz CT molecular complexity index is 666. The van der Waals surface area contributed by atoms with Crippen LogP contribution >= 0.6 is 11.3 Å². The number of nitrogens with zero attached hydrogens (tertiary/aromatic N) is 2. The van der Waals surface area contributed by atoms with Gasteiger partial charge in [0.2, 0.25) is 5.88 Å². The number of aryl methyl sites for hydroxylation is 2. The molecule has 2 aromatic heterocycles. The first-order valence-corrected chi connectivity index (χ1v) is 8.14. The molecular formula is C15H19N3O2S. The van der Waals surface area contributed by atoms with E-state index in [-0.39, 0.29) is 18.6 Å². The van der Waals surface area contributed by atoms with E-state index in [1.165, 1.54) is 29.6 Å². The molecular weight excluding hydrogens is 286 g/mol. The van der Waals surface area contributed by atoms with E-state index in [0.717, 1.165) is 23.1 Å². The largest absolute Gasteiger partial charge is 0.467 e. The van der Waals surface area contributed by atoms with Gasteiger partial charge in [-0.2, -0.15) is 0 Å². The minimum Gasteiger partial charge on any atom is -0.467 e. The van der Waals surface area contributed by atoms with E-state index in [9.17, 15) is 4.79 Å². The number of carbonyl (C=O) groups excluding carboxylic acids is 1. The summed E-state index contributed by atoms with van der Waals surface area (Å²) in [7, 11) is 0. The number of carbonyl (C=O) groups is 1. The van der Waals surface area contributed by atoms with Crippen LogP contribution in [-0.4, -0.2) is 28.5 Å². The third kappa shape index (κ3) is 3.00. The SMILES string of the molecule is CC(C)NC(=O)COc1ncnc2sc3c(c12)CCCC3. The first-order valence-electron chi connectivity index (χ1n) is 7.32. The highest BCUT2D eigenvalue weighted by molar-refractivity contribution is 7.18. The number of hydrogen-bond donors (Lipinski definition) is 1. The van der Waals surface area contributed by atoms with Crippen LogP contribution in [-0.2, 0) is 17.6 Å². The summed E-state index contributed by atoms with van der Waals surface area (Å²) in [6.45, 7) is 3.85. The maximum Gasteiger partial charge on any atom is 0.258 e. The Kier molecular flexibility index (Phi) is 4.05. The van der Waals surface area contributed by atoms with E-state index in [1.54, 1.807) is 11.3 Å². The van der Waals surface area contributed by atoms with Crippen molar-refractivity contribution in [3.05, 3.63) is 16.8 Å². The van der Waals surface area contributed by atoms with Crippen molar-refractivity contribution in [3.63, 3.8) is 0 Å². The second-order valence-corrected chi connectivity index (χ2v) is 6.66. The summed E-state index contributed by atoms with van der Waals surface area (Å²) >= 11 is 1.73. The summed E-state index contributed by atoms with van der Waals surface area (Å²) in [6, 6.07) is 0.112. The lowest BCUT2D eigenvalue weighted by Gasteiger charge is -2.12. The minimum absolute atomic E-state index is 0.00505. The van der Waals surface area contributed by atoms with E-state index >= 15 is 0 Å². The number of hydrogen-bond acceptors (Lipinski definition) is 5. The molecule has 1 aliphatic rings.